The molecule has 0 saturated heterocycles. The van der Waals surface area contributed by atoms with Crippen LogP contribution in [-0.2, 0) is 9.59 Å². The number of benzene rings is 2. The van der Waals surface area contributed by atoms with Gasteiger partial charge < -0.3 is 0 Å². The van der Waals surface area contributed by atoms with Gasteiger partial charge in [0.05, 0.1) is 33.8 Å². The number of hydrogen-bond donors (Lipinski definition) is 0. The maximum atomic E-state index is 13.6. The van der Waals surface area contributed by atoms with Gasteiger partial charge in [-0.1, -0.05) is 42.5 Å². The van der Waals surface area contributed by atoms with Crippen LogP contribution in [0, 0.1) is 0 Å². The van der Waals surface area contributed by atoms with Gasteiger partial charge in [-0.15, -0.1) is 0 Å². The molecule has 5 rings (SSSR count). The molecule has 29 heavy (non-hydrogen) atoms. The van der Waals surface area contributed by atoms with Gasteiger partial charge in [-0.3, -0.25) is 14.5 Å². The minimum absolute atomic E-state index is 0.144. The molecule has 3 aliphatic rings. The smallest absolute Gasteiger partial charge is 0.281 e. The van der Waals surface area contributed by atoms with E-state index in [4.69, 9.17) is 0 Å². The lowest BCUT2D eigenvalue weighted by molar-refractivity contribution is -0.116. The third kappa shape index (κ3) is 2.30. The van der Waals surface area contributed by atoms with Gasteiger partial charge in [0.2, 0.25) is 0 Å². The van der Waals surface area contributed by atoms with E-state index in [2.05, 4.69) is 18.1 Å². The van der Waals surface area contributed by atoms with E-state index in [9.17, 15) is 9.59 Å². The average Bonchev–Trinajstić information content (AvgIpc) is 3.14. The zero-order valence-electron chi connectivity index (χ0n) is 16.9. The predicted molar refractivity (Wildman–Crippen MR) is 116 cm³/mol. The van der Waals surface area contributed by atoms with E-state index in [0.717, 1.165) is 22.4 Å². The molecule has 0 bridgehead atoms. The van der Waals surface area contributed by atoms with Gasteiger partial charge in [-0.25, -0.2) is 0 Å². The Labute approximate surface area is 169 Å². The van der Waals surface area contributed by atoms with Crippen molar-refractivity contribution in [3.8, 4) is 0 Å². The molecular formula is C24H21N3O2. The second-order valence-corrected chi connectivity index (χ2v) is 8.21. The van der Waals surface area contributed by atoms with Gasteiger partial charge in [0.1, 0.15) is 0 Å². The van der Waals surface area contributed by atoms with Crippen molar-refractivity contribution in [3.05, 3.63) is 71.3 Å². The number of amides is 2. The molecule has 0 N–H and O–H groups in total. The highest BCUT2D eigenvalue weighted by Gasteiger charge is 2.47. The number of nitrogens with zero attached hydrogens (tertiary/aromatic N) is 3. The minimum atomic E-state index is -0.474. The summed E-state index contributed by atoms with van der Waals surface area (Å²) in [6.07, 6.45) is 2.11. The van der Waals surface area contributed by atoms with Crippen molar-refractivity contribution in [1.82, 2.24) is 0 Å². The number of carbonyl (C=O) groups is 2. The molecule has 0 unspecified atom stereocenters. The first-order chi connectivity index (χ1) is 13.8. The number of hydrogen-bond acceptors (Lipinski definition) is 3. The lowest BCUT2D eigenvalue weighted by Gasteiger charge is -2.38. The summed E-state index contributed by atoms with van der Waals surface area (Å²) in [5, 5.41) is 5.85. The number of carbonyl (C=O) groups excluding carboxylic acids is 2. The van der Waals surface area contributed by atoms with Crippen molar-refractivity contribution < 1.29 is 9.59 Å². The van der Waals surface area contributed by atoms with E-state index in [1.165, 1.54) is 5.01 Å². The van der Waals surface area contributed by atoms with Crippen LogP contribution >= 0.6 is 0 Å². The monoisotopic (exact) mass is 383 g/mol. The van der Waals surface area contributed by atoms with Crippen LogP contribution in [-0.4, -0.2) is 23.1 Å². The molecule has 0 aliphatic carbocycles. The van der Waals surface area contributed by atoms with E-state index < -0.39 is 5.54 Å². The quantitative estimate of drug-likeness (QED) is 0.685. The van der Waals surface area contributed by atoms with Crippen molar-refractivity contribution in [1.29, 1.82) is 0 Å². The first-order valence-corrected chi connectivity index (χ1v) is 9.68. The lowest BCUT2D eigenvalue weighted by Crippen LogP contribution is -2.46. The van der Waals surface area contributed by atoms with E-state index >= 15 is 0 Å². The Bertz CT molecular complexity index is 1190. The van der Waals surface area contributed by atoms with Gasteiger partial charge in [0.15, 0.2) is 0 Å². The van der Waals surface area contributed by atoms with Crippen molar-refractivity contribution in [2.75, 3.05) is 9.91 Å². The summed E-state index contributed by atoms with van der Waals surface area (Å²) >= 11 is 0. The number of hydrazone groups is 1. The molecule has 5 nitrogen and oxygen atoms in total. The van der Waals surface area contributed by atoms with Gasteiger partial charge in [-0.2, -0.15) is 10.1 Å². The fourth-order valence-electron chi connectivity index (χ4n) is 4.63. The minimum Gasteiger partial charge on any atom is -0.298 e. The van der Waals surface area contributed by atoms with Gasteiger partial charge in [0.25, 0.3) is 11.8 Å². The van der Waals surface area contributed by atoms with E-state index in [1.54, 1.807) is 6.92 Å². The van der Waals surface area contributed by atoms with Crippen LogP contribution in [0.1, 0.15) is 38.8 Å². The summed E-state index contributed by atoms with van der Waals surface area (Å²) < 4.78 is 0. The third-order valence-corrected chi connectivity index (χ3v) is 5.79. The Morgan fingerprint density at radius 3 is 2.24 bits per heavy atom. The van der Waals surface area contributed by atoms with Gasteiger partial charge in [-0.05, 0) is 45.4 Å². The molecule has 2 aromatic carbocycles. The molecular weight excluding hydrogens is 362 g/mol. The number of anilines is 2. The SMILES string of the molecule is CC1=CC(C)(C)N2C(=O)/C(=C3\C(=O)N(c4ccccc4)N=C3C)c3cccc1c32. The summed E-state index contributed by atoms with van der Waals surface area (Å²) in [4.78, 5) is 28.8. The summed E-state index contributed by atoms with van der Waals surface area (Å²) in [7, 11) is 0. The largest absolute Gasteiger partial charge is 0.298 e. The Morgan fingerprint density at radius 1 is 0.828 bits per heavy atom. The van der Waals surface area contributed by atoms with Crippen molar-refractivity contribution in [2.45, 2.75) is 33.2 Å². The highest BCUT2D eigenvalue weighted by molar-refractivity contribution is 6.46. The zero-order chi connectivity index (χ0) is 20.5. The summed E-state index contributed by atoms with van der Waals surface area (Å²) in [5.74, 6) is -0.411. The topological polar surface area (TPSA) is 53.0 Å². The molecule has 0 radical (unpaired) electrons. The average molecular weight is 383 g/mol. The molecule has 144 valence electrons. The normalized spacial score (nSPS) is 22.1. The lowest BCUT2D eigenvalue weighted by atomic mass is 9.89. The third-order valence-electron chi connectivity index (χ3n) is 5.79. The Kier molecular flexibility index (Phi) is 3.50. The fourth-order valence-corrected chi connectivity index (χ4v) is 4.63. The molecule has 3 aliphatic heterocycles. The molecule has 5 heteroatoms. The maximum Gasteiger partial charge on any atom is 0.281 e. The molecule has 0 spiro atoms. The van der Waals surface area contributed by atoms with E-state index in [-0.39, 0.29) is 11.8 Å². The molecule has 0 atom stereocenters. The standard InChI is InChI=1S/C24H21N3O2/c1-14-13-24(3,4)26-21-17(14)11-8-12-18(21)20(22(26)28)19-15(2)25-27(23(19)29)16-9-6-5-7-10-16/h5-13H,1-4H3/b20-19-. The first-order valence-electron chi connectivity index (χ1n) is 9.68. The molecule has 2 amide bonds. The zero-order valence-corrected chi connectivity index (χ0v) is 16.9. The Hall–Kier alpha value is -3.47. The molecule has 2 aromatic rings. The van der Waals surface area contributed by atoms with E-state index in [0.29, 0.717) is 22.5 Å². The highest BCUT2D eigenvalue weighted by Crippen LogP contribution is 2.50. The number of rotatable bonds is 1. The van der Waals surface area contributed by atoms with Crippen molar-refractivity contribution >= 4 is 40.0 Å². The fraction of sp³-hybridized carbons (Fsp3) is 0.208. The predicted octanol–water partition coefficient (Wildman–Crippen LogP) is 4.41. The van der Waals surface area contributed by atoms with Gasteiger partial charge in [0, 0.05) is 11.1 Å². The van der Waals surface area contributed by atoms with Crippen LogP contribution in [0.3, 0.4) is 0 Å². The Morgan fingerprint density at radius 2 is 1.52 bits per heavy atom. The Balaban J connectivity index is 1.74. The molecule has 0 fully saturated rings. The van der Waals surface area contributed by atoms with Crippen molar-refractivity contribution in [3.63, 3.8) is 0 Å². The summed E-state index contributed by atoms with van der Waals surface area (Å²) in [6, 6.07) is 15.2. The maximum absolute atomic E-state index is 13.6. The molecule has 3 heterocycles. The molecule has 0 saturated carbocycles. The van der Waals surface area contributed by atoms with Crippen LogP contribution in [0.25, 0.3) is 11.1 Å². The van der Waals surface area contributed by atoms with Crippen LogP contribution in [0.15, 0.2) is 65.3 Å². The summed E-state index contributed by atoms with van der Waals surface area (Å²) in [5.41, 5.74) is 5.47. The van der Waals surface area contributed by atoms with Gasteiger partial charge >= 0.3 is 0 Å². The van der Waals surface area contributed by atoms with Crippen LogP contribution < -0.4 is 9.91 Å². The van der Waals surface area contributed by atoms with Crippen LogP contribution in [0.2, 0.25) is 0 Å². The van der Waals surface area contributed by atoms with Crippen LogP contribution in [0.5, 0.6) is 0 Å². The highest BCUT2D eigenvalue weighted by atomic mass is 16.2. The molecule has 0 aromatic heterocycles. The first kappa shape index (κ1) is 17.6. The van der Waals surface area contributed by atoms with Crippen molar-refractivity contribution in [2.24, 2.45) is 5.10 Å². The second kappa shape index (κ2) is 5.77. The second-order valence-electron chi connectivity index (χ2n) is 8.21. The van der Waals surface area contributed by atoms with E-state index in [1.807, 2.05) is 67.3 Å². The number of para-hydroxylation sites is 2. The summed E-state index contributed by atoms with van der Waals surface area (Å²) in [6.45, 7) is 7.90. The number of allylic oxidation sites excluding steroid dienone is 1. The van der Waals surface area contributed by atoms with Crippen LogP contribution in [0.4, 0.5) is 11.4 Å².